The number of fused-ring (bicyclic) bond motifs is 1. The van der Waals surface area contributed by atoms with Gasteiger partial charge in [0.15, 0.2) is 0 Å². The van der Waals surface area contributed by atoms with Gasteiger partial charge < -0.3 is 15.3 Å². The largest absolute Gasteiger partial charge is 0.478 e. The van der Waals surface area contributed by atoms with Crippen molar-refractivity contribution in [3.63, 3.8) is 0 Å². The summed E-state index contributed by atoms with van der Waals surface area (Å²) in [6, 6.07) is 12.7. The van der Waals surface area contributed by atoms with Crippen LogP contribution in [-0.2, 0) is 16.1 Å². The zero-order chi connectivity index (χ0) is 32.4. The second-order valence-electron chi connectivity index (χ2n) is 12.8. The van der Waals surface area contributed by atoms with E-state index in [0.29, 0.717) is 30.2 Å². The molecule has 4 atom stereocenters. The molecule has 2 saturated heterocycles. The van der Waals surface area contributed by atoms with Gasteiger partial charge in [-0.1, -0.05) is 74.8 Å². The Morgan fingerprint density at radius 2 is 1.89 bits per heavy atom. The molecule has 0 aromatic heterocycles. The standard InChI is InChI=1S/C34H38Cl2FN3O4/c1-21(35)8-6-11-26(37)29-28-27(16-17-39(30(28)41)19-22-12-14-23(15-13-22)31(42)43)40(20-33(2,3)4)34(29,5)32(44)38-25-10-7-9-24(36)18-25/h6-15,18,27-29H,1,16-17,19-20H2,2-5H3,(H,38,44)(H,42,43)/b8-6-,26-11-/t27-,28+,29-,34+/m0/s1. The predicted octanol–water partition coefficient (Wildman–Crippen LogP) is 7.29. The lowest BCUT2D eigenvalue weighted by Gasteiger charge is -2.43. The highest BCUT2D eigenvalue weighted by molar-refractivity contribution is 6.31. The molecule has 2 aromatic carbocycles. The monoisotopic (exact) mass is 641 g/mol. The smallest absolute Gasteiger partial charge is 0.335 e. The molecular weight excluding hydrogens is 604 g/mol. The van der Waals surface area contributed by atoms with Crippen molar-refractivity contribution in [3.8, 4) is 0 Å². The van der Waals surface area contributed by atoms with Crippen LogP contribution in [0.5, 0.6) is 0 Å². The first-order chi connectivity index (χ1) is 20.6. The molecule has 2 amide bonds. The van der Waals surface area contributed by atoms with E-state index in [9.17, 15) is 19.5 Å². The maximum Gasteiger partial charge on any atom is 0.335 e. The third-order valence-electron chi connectivity index (χ3n) is 8.26. The van der Waals surface area contributed by atoms with Crippen LogP contribution in [0.1, 0.15) is 50.0 Å². The van der Waals surface area contributed by atoms with Crippen LogP contribution in [0.15, 0.2) is 84.2 Å². The molecule has 44 heavy (non-hydrogen) atoms. The van der Waals surface area contributed by atoms with Crippen LogP contribution in [0.3, 0.4) is 0 Å². The Balaban J connectivity index is 1.79. The average Bonchev–Trinajstić information content (AvgIpc) is 3.18. The summed E-state index contributed by atoms with van der Waals surface area (Å²) >= 11 is 12.1. The van der Waals surface area contributed by atoms with Gasteiger partial charge in [-0.05, 0) is 66.8 Å². The van der Waals surface area contributed by atoms with Gasteiger partial charge in [-0.3, -0.25) is 14.5 Å². The maximum absolute atomic E-state index is 16.5. The third-order valence-corrected chi connectivity index (χ3v) is 8.62. The first kappa shape index (κ1) is 33.4. The second-order valence-corrected chi connectivity index (χ2v) is 13.7. The molecular formula is C34H38Cl2FN3O4. The highest BCUT2D eigenvalue weighted by Gasteiger charge is 2.65. The van der Waals surface area contributed by atoms with Gasteiger partial charge in [0.1, 0.15) is 11.4 Å². The Hall–Kier alpha value is -3.46. The molecule has 2 aromatic rings. The van der Waals surface area contributed by atoms with Crippen LogP contribution in [0.25, 0.3) is 0 Å². The molecule has 0 spiro atoms. The fraction of sp³-hybridized carbons (Fsp3) is 0.382. The van der Waals surface area contributed by atoms with Gasteiger partial charge in [0.2, 0.25) is 11.8 Å². The van der Waals surface area contributed by atoms with Gasteiger partial charge in [-0.25, -0.2) is 9.18 Å². The summed E-state index contributed by atoms with van der Waals surface area (Å²) in [6.07, 6.45) is 4.64. The van der Waals surface area contributed by atoms with Crippen molar-refractivity contribution < 1.29 is 23.9 Å². The highest BCUT2D eigenvalue weighted by Crippen LogP contribution is 2.52. The summed E-state index contributed by atoms with van der Waals surface area (Å²) in [5, 5.41) is 12.9. The number of allylic oxidation sites excluding steroid dienone is 4. The van der Waals surface area contributed by atoms with Gasteiger partial charge in [0, 0.05) is 41.4 Å². The molecule has 4 rings (SSSR count). The first-order valence-corrected chi connectivity index (χ1v) is 15.2. The molecule has 7 nitrogen and oxygen atoms in total. The van der Waals surface area contributed by atoms with Crippen LogP contribution < -0.4 is 5.32 Å². The lowest BCUT2D eigenvalue weighted by molar-refractivity contribution is -0.141. The van der Waals surface area contributed by atoms with Gasteiger partial charge >= 0.3 is 5.97 Å². The number of piperidine rings is 1. The normalized spacial score (nSPS) is 24.4. The van der Waals surface area contributed by atoms with E-state index >= 15 is 4.39 Å². The van der Waals surface area contributed by atoms with E-state index < -0.39 is 41.1 Å². The maximum atomic E-state index is 16.5. The zero-order valence-electron chi connectivity index (χ0n) is 25.3. The molecule has 2 N–H and O–H groups in total. The van der Waals surface area contributed by atoms with E-state index in [1.807, 2.05) is 25.7 Å². The van der Waals surface area contributed by atoms with Crippen LogP contribution in [0.4, 0.5) is 10.1 Å². The number of carboxylic acids is 1. The zero-order valence-corrected chi connectivity index (χ0v) is 26.8. The molecule has 0 saturated carbocycles. The molecule has 2 aliphatic rings. The number of hydrogen-bond donors (Lipinski definition) is 2. The molecule has 0 bridgehead atoms. The Kier molecular flexibility index (Phi) is 10.1. The van der Waals surface area contributed by atoms with Crippen molar-refractivity contribution in [2.24, 2.45) is 17.3 Å². The third kappa shape index (κ3) is 7.25. The minimum absolute atomic E-state index is 0.147. The summed E-state index contributed by atoms with van der Waals surface area (Å²) in [4.78, 5) is 43.6. The minimum atomic E-state index is -1.45. The molecule has 2 heterocycles. The first-order valence-electron chi connectivity index (χ1n) is 14.4. The number of amides is 2. The predicted molar refractivity (Wildman–Crippen MR) is 172 cm³/mol. The van der Waals surface area contributed by atoms with Gasteiger partial charge in [-0.2, -0.15) is 0 Å². The Bertz CT molecular complexity index is 1500. The van der Waals surface area contributed by atoms with E-state index in [-0.39, 0.29) is 28.5 Å². The number of rotatable bonds is 9. The topological polar surface area (TPSA) is 90.0 Å². The summed E-state index contributed by atoms with van der Waals surface area (Å²) < 4.78 is 16.5. The van der Waals surface area contributed by atoms with Crippen molar-refractivity contribution in [1.29, 1.82) is 0 Å². The lowest BCUT2D eigenvalue weighted by atomic mass is 9.75. The van der Waals surface area contributed by atoms with E-state index in [1.54, 1.807) is 48.2 Å². The Morgan fingerprint density at radius 3 is 2.48 bits per heavy atom. The summed E-state index contributed by atoms with van der Waals surface area (Å²) in [5.41, 5.74) is -0.364. The molecule has 234 valence electrons. The number of anilines is 1. The number of nitrogens with zero attached hydrogens (tertiary/aromatic N) is 2. The molecule has 0 radical (unpaired) electrons. The number of carbonyl (C=O) groups is 3. The second kappa shape index (κ2) is 13.3. The number of halogens is 3. The fourth-order valence-electron chi connectivity index (χ4n) is 6.35. The van der Waals surface area contributed by atoms with Crippen molar-refractivity contribution >= 4 is 46.7 Å². The summed E-state index contributed by atoms with van der Waals surface area (Å²) in [6.45, 7) is 12.5. The van der Waals surface area contributed by atoms with E-state index in [0.717, 1.165) is 5.56 Å². The van der Waals surface area contributed by atoms with Gasteiger partial charge in [0.25, 0.3) is 0 Å². The number of carboxylic acid groups (broad SMARTS) is 1. The van der Waals surface area contributed by atoms with Crippen LogP contribution in [0.2, 0.25) is 5.02 Å². The van der Waals surface area contributed by atoms with E-state index in [1.165, 1.54) is 30.4 Å². The minimum Gasteiger partial charge on any atom is -0.478 e. The highest BCUT2D eigenvalue weighted by atomic mass is 35.5. The van der Waals surface area contributed by atoms with E-state index in [4.69, 9.17) is 23.2 Å². The Labute approximate surface area is 268 Å². The molecule has 10 heteroatoms. The molecule has 0 unspecified atom stereocenters. The van der Waals surface area contributed by atoms with Crippen LogP contribution in [-0.4, -0.2) is 57.4 Å². The number of carbonyl (C=O) groups excluding carboxylic acids is 2. The SMILES string of the molecule is C=C(Cl)/C=C\C=C(/F)[C@H]1[C@@H]2C(=O)N(Cc3ccc(C(=O)O)cc3)CC[C@@H]2N(CC(C)(C)C)[C@@]1(C)C(=O)Nc1cccc(Cl)c1. The van der Waals surface area contributed by atoms with Crippen molar-refractivity contribution in [2.75, 3.05) is 18.4 Å². The molecule has 2 aliphatic heterocycles. The summed E-state index contributed by atoms with van der Waals surface area (Å²) in [5.74, 6) is -4.33. The van der Waals surface area contributed by atoms with Crippen molar-refractivity contribution in [2.45, 2.75) is 52.2 Å². The fourth-order valence-corrected chi connectivity index (χ4v) is 6.61. The number of likely N-dealkylation sites (tertiary alicyclic amines) is 2. The number of hydrogen-bond acceptors (Lipinski definition) is 4. The van der Waals surface area contributed by atoms with E-state index in [2.05, 4.69) is 11.9 Å². The molecule has 0 aliphatic carbocycles. The van der Waals surface area contributed by atoms with Gasteiger partial charge in [-0.15, -0.1) is 0 Å². The van der Waals surface area contributed by atoms with Crippen LogP contribution >= 0.6 is 23.2 Å². The van der Waals surface area contributed by atoms with Gasteiger partial charge in [0.05, 0.1) is 17.4 Å². The number of aromatic carboxylic acids is 1. The van der Waals surface area contributed by atoms with Crippen molar-refractivity contribution in [1.82, 2.24) is 9.80 Å². The average molecular weight is 643 g/mol. The van der Waals surface area contributed by atoms with Crippen LogP contribution in [0, 0.1) is 17.3 Å². The number of nitrogens with one attached hydrogen (secondary N) is 1. The molecule has 2 fully saturated rings. The van der Waals surface area contributed by atoms with Crippen molar-refractivity contribution in [3.05, 3.63) is 100 Å². The Morgan fingerprint density at radius 1 is 1.20 bits per heavy atom. The summed E-state index contributed by atoms with van der Waals surface area (Å²) in [7, 11) is 0. The number of benzene rings is 2. The quantitative estimate of drug-likeness (QED) is 0.281. The lowest BCUT2D eigenvalue weighted by Crippen LogP contribution is -2.58.